The van der Waals surface area contributed by atoms with Gasteiger partial charge in [0.2, 0.25) is 0 Å². The number of fused-ring (bicyclic) bond motifs is 1. The zero-order valence-electron chi connectivity index (χ0n) is 12.4. The Kier molecular flexibility index (Phi) is 3.97. The second kappa shape index (κ2) is 5.90. The number of rotatable bonds is 5. The molecule has 5 heteroatoms. The molecular weight excluding hydrogens is 284 g/mol. The first-order valence-corrected chi connectivity index (χ1v) is 7.71. The van der Waals surface area contributed by atoms with Gasteiger partial charge in [-0.3, -0.25) is 4.68 Å². The Bertz CT molecular complexity index is 757. The molecule has 0 N–H and O–H groups in total. The van der Waals surface area contributed by atoms with Gasteiger partial charge in [0.05, 0.1) is 11.0 Å². The Hall–Kier alpha value is -1.81. The van der Waals surface area contributed by atoms with E-state index >= 15 is 0 Å². The van der Waals surface area contributed by atoms with Crippen molar-refractivity contribution in [2.24, 2.45) is 7.05 Å². The zero-order valence-corrected chi connectivity index (χ0v) is 13.1. The number of benzene rings is 1. The molecule has 0 atom stereocenters. The van der Waals surface area contributed by atoms with Crippen LogP contribution in [0.3, 0.4) is 0 Å². The number of hydrogen-bond donors (Lipinski definition) is 0. The van der Waals surface area contributed by atoms with Crippen LogP contribution < -0.4 is 0 Å². The molecule has 0 amide bonds. The topological polar surface area (TPSA) is 35.6 Å². The number of aromatic nitrogens is 4. The second-order valence-electron chi connectivity index (χ2n) is 5.31. The first-order chi connectivity index (χ1) is 10.2. The predicted molar refractivity (Wildman–Crippen MR) is 85.8 cm³/mol. The van der Waals surface area contributed by atoms with Gasteiger partial charge in [0.25, 0.3) is 0 Å². The van der Waals surface area contributed by atoms with Crippen molar-refractivity contribution in [2.75, 3.05) is 5.88 Å². The van der Waals surface area contributed by atoms with E-state index in [0.717, 1.165) is 30.7 Å². The molecule has 0 aliphatic heterocycles. The molecule has 4 nitrogen and oxygen atoms in total. The van der Waals surface area contributed by atoms with Crippen LogP contribution in [0.1, 0.15) is 17.1 Å². The normalized spacial score (nSPS) is 11.4. The fourth-order valence-corrected chi connectivity index (χ4v) is 2.85. The van der Waals surface area contributed by atoms with Gasteiger partial charge >= 0.3 is 0 Å². The minimum absolute atomic E-state index is 0.591. The molecule has 1 aromatic carbocycles. The zero-order chi connectivity index (χ0) is 14.8. The van der Waals surface area contributed by atoms with Gasteiger partial charge in [-0.2, -0.15) is 5.10 Å². The average Bonchev–Trinajstić information content (AvgIpc) is 3.01. The number of halogens is 1. The third-order valence-electron chi connectivity index (χ3n) is 3.81. The number of hydrogen-bond acceptors (Lipinski definition) is 2. The van der Waals surface area contributed by atoms with E-state index in [1.807, 2.05) is 17.9 Å². The van der Waals surface area contributed by atoms with Crippen LogP contribution in [0.25, 0.3) is 11.0 Å². The van der Waals surface area contributed by atoms with Crippen LogP contribution in [-0.2, 0) is 26.4 Å². The SMILES string of the molecule is Cc1ccc2nc(CCCl)n(CCc3ccnn3C)c2c1. The fourth-order valence-electron chi connectivity index (χ4n) is 2.68. The van der Waals surface area contributed by atoms with Gasteiger partial charge in [0.1, 0.15) is 5.82 Å². The maximum Gasteiger partial charge on any atom is 0.111 e. The first kappa shape index (κ1) is 14.1. The van der Waals surface area contributed by atoms with E-state index in [2.05, 4.69) is 40.9 Å². The Balaban J connectivity index is 1.96. The van der Waals surface area contributed by atoms with Crippen LogP contribution >= 0.6 is 11.6 Å². The molecule has 0 saturated carbocycles. The van der Waals surface area contributed by atoms with Crippen LogP contribution in [0.15, 0.2) is 30.5 Å². The first-order valence-electron chi connectivity index (χ1n) is 7.17. The van der Waals surface area contributed by atoms with Gasteiger partial charge in [0, 0.05) is 44.2 Å². The van der Waals surface area contributed by atoms with Gasteiger partial charge < -0.3 is 4.57 Å². The molecule has 0 saturated heterocycles. The van der Waals surface area contributed by atoms with Crippen molar-refractivity contribution < 1.29 is 0 Å². The van der Waals surface area contributed by atoms with E-state index in [1.54, 1.807) is 0 Å². The Morgan fingerprint density at radius 2 is 2.05 bits per heavy atom. The molecule has 110 valence electrons. The highest BCUT2D eigenvalue weighted by Crippen LogP contribution is 2.19. The van der Waals surface area contributed by atoms with Crippen LogP contribution in [0.5, 0.6) is 0 Å². The minimum Gasteiger partial charge on any atom is -0.328 e. The molecule has 0 aliphatic carbocycles. The highest BCUT2D eigenvalue weighted by molar-refractivity contribution is 6.17. The van der Waals surface area contributed by atoms with Crippen molar-refractivity contribution in [1.29, 1.82) is 0 Å². The van der Waals surface area contributed by atoms with Crippen LogP contribution in [0, 0.1) is 6.92 Å². The molecule has 21 heavy (non-hydrogen) atoms. The summed E-state index contributed by atoms with van der Waals surface area (Å²) in [4.78, 5) is 4.72. The number of alkyl halides is 1. The molecule has 2 aromatic heterocycles. The Morgan fingerprint density at radius 1 is 1.19 bits per heavy atom. The molecule has 0 bridgehead atoms. The molecule has 3 rings (SSSR count). The highest BCUT2D eigenvalue weighted by Gasteiger charge is 2.11. The summed E-state index contributed by atoms with van der Waals surface area (Å²) in [6, 6.07) is 8.45. The number of nitrogens with zero attached hydrogens (tertiary/aromatic N) is 4. The second-order valence-corrected chi connectivity index (χ2v) is 5.68. The van der Waals surface area contributed by atoms with Crippen molar-refractivity contribution in [2.45, 2.75) is 26.3 Å². The maximum atomic E-state index is 5.92. The summed E-state index contributed by atoms with van der Waals surface area (Å²) in [5.41, 5.74) is 4.71. The quantitative estimate of drug-likeness (QED) is 0.679. The molecule has 0 spiro atoms. The van der Waals surface area contributed by atoms with Gasteiger partial charge in [-0.25, -0.2) is 4.98 Å². The highest BCUT2D eigenvalue weighted by atomic mass is 35.5. The molecule has 0 unspecified atom stereocenters. The monoisotopic (exact) mass is 302 g/mol. The summed E-state index contributed by atoms with van der Waals surface area (Å²) in [7, 11) is 1.98. The Morgan fingerprint density at radius 3 is 2.76 bits per heavy atom. The van der Waals surface area contributed by atoms with E-state index in [4.69, 9.17) is 16.6 Å². The summed E-state index contributed by atoms with van der Waals surface area (Å²) in [5, 5.41) is 4.22. The van der Waals surface area contributed by atoms with Crippen molar-refractivity contribution in [1.82, 2.24) is 19.3 Å². The molecule has 0 radical (unpaired) electrons. The maximum absolute atomic E-state index is 5.92. The van der Waals surface area contributed by atoms with E-state index in [9.17, 15) is 0 Å². The van der Waals surface area contributed by atoms with Crippen molar-refractivity contribution in [3.63, 3.8) is 0 Å². The van der Waals surface area contributed by atoms with Crippen LogP contribution in [0.2, 0.25) is 0 Å². The summed E-state index contributed by atoms with van der Waals surface area (Å²) < 4.78 is 4.21. The standard InChI is InChI=1S/C16H19ClN4/c1-12-3-4-14-15(11-12)21(16(19-14)5-8-17)10-7-13-6-9-18-20(13)2/h3-4,6,9,11H,5,7-8,10H2,1-2H3. The fraction of sp³-hybridized carbons (Fsp3) is 0.375. The molecule has 0 aliphatic rings. The van der Waals surface area contributed by atoms with Crippen molar-refractivity contribution >= 4 is 22.6 Å². The van der Waals surface area contributed by atoms with Crippen molar-refractivity contribution in [3.8, 4) is 0 Å². The lowest BCUT2D eigenvalue weighted by atomic mass is 10.2. The lowest BCUT2D eigenvalue weighted by molar-refractivity contribution is 0.628. The lowest BCUT2D eigenvalue weighted by Crippen LogP contribution is -2.09. The largest absolute Gasteiger partial charge is 0.328 e. The van der Waals surface area contributed by atoms with Crippen LogP contribution in [0.4, 0.5) is 0 Å². The van der Waals surface area contributed by atoms with E-state index in [1.165, 1.54) is 16.8 Å². The van der Waals surface area contributed by atoms with Gasteiger partial charge in [-0.05, 0) is 30.7 Å². The number of imidazole rings is 1. The van der Waals surface area contributed by atoms with Gasteiger partial charge in [0.15, 0.2) is 0 Å². The predicted octanol–water partition coefficient (Wildman–Crippen LogP) is 3.10. The third-order valence-corrected chi connectivity index (χ3v) is 4.00. The van der Waals surface area contributed by atoms with Crippen molar-refractivity contribution in [3.05, 3.63) is 47.5 Å². The van der Waals surface area contributed by atoms with E-state index in [0.29, 0.717) is 5.88 Å². The van der Waals surface area contributed by atoms with E-state index < -0.39 is 0 Å². The van der Waals surface area contributed by atoms with Gasteiger partial charge in [-0.15, -0.1) is 11.6 Å². The smallest absolute Gasteiger partial charge is 0.111 e. The molecular formula is C16H19ClN4. The summed E-state index contributed by atoms with van der Waals surface area (Å²) >= 11 is 5.92. The molecule has 0 fully saturated rings. The lowest BCUT2D eigenvalue weighted by Gasteiger charge is -2.09. The van der Waals surface area contributed by atoms with Gasteiger partial charge in [-0.1, -0.05) is 6.07 Å². The molecule has 3 aromatic rings. The Labute approximate surface area is 129 Å². The summed E-state index contributed by atoms with van der Waals surface area (Å²) in [6.45, 7) is 3.00. The number of aryl methyl sites for hydroxylation is 5. The summed E-state index contributed by atoms with van der Waals surface area (Å²) in [5.74, 6) is 1.65. The average molecular weight is 303 g/mol. The summed E-state index contributed by atoms with van der Waals surface area (Å²) in [6.07, 6.45) is 3.57. The minimum atomic E-state index is 0.591. The third kappa shape index (κ3) is 2.81. The van der Waals surface area contributed by atoms with Crippen LogP contribution in [-0.4, -0.2) is 25.2 Å². The molecule has 2 heterocycles. The van der Waals surface area contributed by atoms with E-state index in [-0.39, 0.29) is 0 Å².